The van der Waals surface area contributed by atoms with Crippen molar-refractivity contribution in [3.8, 4) is 0 Å². The van der Waals surface area contributed by atoms with E-state index in [0.29, 0.717) is 23.4 Å². The molecule has 8 heteroatoms. The van der Waals surface area contributed by atoms with Gasteiger partial charge in [-0.15, -0.1) is 0 Å². The van der Waals surface area contributed by atoms with Gasteiger partial charge in [0.1, 0.15) is 18.1 Å². The standard InChI is InChI=1S/C12H17BrN4O3/c1-4-16(5-2)12(18)8(3)15-11-10(13)6-9(7-14-11)17(19)20/h6-8H,4-5H2,1-3H3,(H,14,15). The molecular formula is C12H17BrN4O3. The average Bonchev–Trinajstić information content (AvgIpc) is 2.41. The predicted molar refractivity (Wildman–Crippen MR) is 79.6 cm³/mol. The number of hydrogen-bond donors (Lipinski definition) is 1. The van der Waals surface area contributed by atoms with Gasteiger partial charge >= 0.3 is 0 Å². The second kappa shape index (κ2) is 7.18. The molecule has 7 nitrogen and oxygen atoms in total. The Bertz CT molecular complexity index is 505. The van der Waals surface area contributed by atoms with Crippen molar-refractivity contribution in [1.82, 2.24) is 9.88 Å². The van der Waals surface area contributed by atoms with Crippen molar-refractivity contribution in [2.24, 2.45) is 0 Å². The average molecular weight is 345 g/mol. The molecule has 0 aromatic carbocycles. The number of halogens is 1. The van der Waals surface area contributed by atoms with Crippen molar-refractivity contribution >= 4 is 33.3 Å². The summed E-state index contributed by atoms with van der Waals surface area (Å²) < 4.78 is 0.450. The fourth-order valence-corrected chi connectivity index (χ4v) is 2.16. The Morgan fingerprint density at radius 2 is 2.15 bits per heavy atom. The molecule has 0 aliphatic rings. The highest BCUT2D eigenvalue weighted by Crippen LogP contribution is 2.25. The molecule has 0 saturated heterocycles. The zero-order valence-electron chi connectivity index (χ0n) is 11.6. The van der Waals surface area contributed by atoms with Crippen LogP contribution in [0.25, 0.3) is 0 Å². The van der Waals surface area contributed by atoms with Gasteiger partial charge in [0, 0.05) is 19.2 Å². The first-order valence-electron chi connectivity index (χ1n) is 6.25. The minimum absolute atomic E-state index is 0.0398. The number of nitro groups is 1. The molecule has 0 spiro atoms. The Morgan fingerprint density at radius 1 is 1.55 bits per heavy atom. The lowest BCUT2D eigenvalue weighted by Crippen LogP contribution is -2.41. The number of carbonyl (C=O) groups excluding carboxylic acids is 1. The predicted octanol–water partition coefficient (Wildman–Crippen LogP) is 2.42. The molecule has 0 aliphatic carbocycles. The molecule has 0 saturated carbocycles. The molecule has 110 valence electrons. The number of likely N-dealkylation sites (N-methyl/N-ethyl adjacent to an activating group) is 1. The summed E-state index contributed by atoms with van der Waals surface area (Å²) in [7, 11) is 0. The third-order valence-electron chi connectivity index (χ3n) is 2.84. The Morgan fingerprint density at radius 3 is 2.60 bits per heavy atom. The number of amides is 1. The Hall–Kier alpha value is -1.70. The van der Waals surface area contributed by atoms with Gasteiger partial charge in [0.05, 0.1) is 9.40 Å². The molecule has 1 rings (SSSR count). The number of aromatic nitrogens is 1. The summed E-state index contributed by atoms with van der Waals surface area (Å²) in [5.41, 5.74) is -0.106. The highest BCUT2D eigenvalue weighted by molar-refractivity contribution is 9.10. The van der Waals surface area contributed by atoms with Crippen molar-refractivity contribution in [3.63, 3.8) is 0 Å². The van der Waals surface area contributed by atoms with Crippen molar-refractivity contribution in [2.75, 3.05) is 18.4 Å². The maximum absolute atomic E-state index is 12.1. The van der Waals surface area contributed by atoms with Crippen LogP contribution in [0.5, 0.6) is 0 Å². The Labute approximate surface area is 125 Å². The maximum Gasteiger partial charge on any atom is 0.288 e. The number of anilines is 1. The van der Waals surface area contributed by atoms with Gasteiger partial charge in [0.15, 0.2) is 0 Å². The zero-order chi connectivity index (χ0) is 15.3. The number of carbonyl (C=O) groups is 1. The first-order valence-corrected chi connectivity index (χ1v) is 7.05. The molecule has 0 bridgehead atoms. The van der Waals surface area contributed by atoms with Crippen molar-refractivity contribution < 1.29 is 9.72 Å². The molecular weight excluding hydrogens is 328 g/mol. The Kier molecular flexibility index (Phi) is 5.87. The van der Waals surface area contributed by atoms with E-state index in [2.05, 4.69) is 26.2 Å². The molecule has 1 atom stereocenters. The summed E-state index contributed by atoms with van der Waals surface area (Å²) in [6.45, 7) is 6.82. The van der Waals surface area contributed by atoms with E-state index >= 15 is 0 Å². The monoisotopic (exact) mass is 344 g/mol. The largest absolute Gasteiger partial charge is 0.358 e. The number of rotatable bonds is 6. The molecule has 1 heterocycles. The summed E-state index contributed by atoms with van der Waals surface area (Å²) >= 11 is 3.21. The normalized spacial score (nSPS) is 11.8. The topological polar surface area (TPSA) is 88.4 Å². The second-order valence-corrected chi connectivity index (χ2v) is 5.01. The van der Waals surface area contributed by atoms with Gasteiger partial charge in [-0.25, -0.2) is 4.98 Å². The summed E-state index contributed by atoms with van der Waals surface area (Å²) in [5.74, 6) is 0.366. The number of nitrogens with zero attached hydrogens (tertiary/aromatic N) is 3. The number of pyridine rings is 1. The first kappa shape index (κ1) is 16.4. The van der Waals surface area contributed by atoms with Crippen molar-refractivity contribution in [2.45, 2.75) is 26.8 Å². The van der Waals surface area contributed by atoms with Gasteiger partial charge in [0.2, 0.25) is 5.91 Å². The van der Waals surface area contributed by atoms with Crippen LogP contribution >= 0.6 is 15.9 Å². The first-order chi connectivity index (χ1) is 9.40. The molecule has 0 radical (unpaired) electrons. The van der Waals surface area contributed by atoms with Gasteiger partial charge in [-0.3, -0.25) is 14.9 Å². The van der Waals surface area contributed by atoms with Crippen molar-refractivity contribution in [1.29, 1.82) is 0 Å². The molecule has 20 heavy (non-hydrogen) atoms. The minimum atomic E-state index is -0.522. The van der Waals surface area contributed by atoms with E-state index in [-0.39, 0.29) is 11.6 Å². The van der Waals surface area contributed by atoms with E-state index in [0.717, 1.165) is 6.20 Å². The lowest BCUT2D eigenvalue weighted by Gasteiger charge is -2.23. The van der Waals surface area contributed by atoms with Crippen LogP contribution in [0.15, 0.2) is 16.7 Å². The fourth-order valence-electron chi connectivity index (χ4n) is 1.71. The van der Waals surface area contributed by atoms with E-state index in [9.17, 15) is 14.9 Å². The number of hydrogen-bond acceptors (Lipinski definition) is 5. The molecule has 1 unspecified atom stereocenters. The summed E-state index contributed by atoms with van der Waals surface area (Å²) in [5, 5.41) is 13.6. The summed E-state index contributed by atoms with van der Waals surface area (Å²) in [6.07, 6.45) is 1.15. The summed E-state index contributed by atoms with van der Waals surface area (Å²) in [6, 6.07) is 0.893. The van der Waals surface area contributed by atoms with Gasteiger partial charge in [-0.1, -0.05) is 0 Å². The third kappa shape index (κ3) is 3.89. The van der Waals surface area contributed by atoms with Crippen LogP contribution in [0.1, 0.15) is 20.8 Å². The van der Waals surface area contributed by atoms with Crippen LogP contribution in [0.2, 0.25) is 0 Å². The molecule has 0 fully saturated rings. The van der Waals surface area contributed by atoms with Gasteiger partial charge in [-0.2, -0.15) is 0 Å². The van der Waals surface area contributed by atoms with Crippen LogP contribution in [-0.4, -0.2) is 39.8 Å². The second-order valence-electron chi connectivity index (χ2n) is 4.16. The van der Waals surface area contributed by atoms with E-state index in [1.54, 1.807) is 11.8 Å². The maximum atomic E-state index is 12.1. The molecule has 1 N–H and O–H groups in total. The quantitative estimate of drug-likeness (QED) is 0.632. The minimum Gasteiger partial charge on any atom is -0.358 e. The summed E-state index contributed by atoms with van der Waals surface area (Å²) in [4.78, 5) is 27.9. The third-order valence-corrected chi connectivity index (χ3v) is 3.44. The fraction of sp³-hybridized carbons (Fsp3) is 0.500. The lowest BCUT2D eigenvalue weighted by molar-refractivity contribution is -0.385. The molecule has 1 aromatic rings. The van der Waals surface area contributed by atoms with E-state index in [4.69, 9.17) is 0 Å². The SMILES string of the molecule is CCN(CC)C(=O)C(C)Nc1ncc([N+](=O)[O-])cc1Br. The lowest BCUT2D eigenvalue weighted by atomic mass is 10.2. The smallest absolute Gasteiger partial charge is 0.288 e. The van der Waals surface area contributed by atoms with Crippen LogP contribution in [0.3, 0.4) is 0 Å². The molecule has 1 amide bonds. The van der Waals surface area contributed by atoms with Crippen LogP contribution in [0, 0.1) is 10.1 Å². The van der Waals surface area contributed by atoms with E-state index in [1.165, 1.54) is 6.07 Å². The van der Waals surface area contributed by atoms with Crippen molar-refractivity contribution in [3.05, 3.63) is 26.9 Å². The van der Waals surface area contributed by atoms with Crippen LogP contribution in [0.4, 0.5) is 11.5 Å². The molecule has 0 aliphatic heterocycles. The highest BCUT2D eigenvalue weighted by Gasteiger charge is 2.20. The van der Waals surface area contributed by atoms with Gasteiger partial charge in [0.25, 0.3) is 5.69 Å². The van der Waals surface area contributed by atoms with Gasteiger partial charge < -0.3 is 10.2 Å². The zero-order valence-corrected chi connectivity index (χ0v) is 13.2. The highest BCUT2D eigenvalue weighted by atomic mass is 79.9. The Balaban J connectivity index is 2.83. The number of nitrogens with one attached hydrogen (secondary N) is 1. The van der Waals surface area contributed by atoms with E-state index < -0.39 is 11.0 Å². The van der Waals surface area contributed by atoms with Crippen LogP contribution < -0.4 is 5.32 Å². The van der Waals surface area contributed by atoms with Crippen LogP contribution in [-0.2, 0) is 4.79 Å². The van der Waals surface area contributed by atoms with E-state index in [1.807, 2.05) is 13.8 Å². The molecule has 1 aromatic heterocycles. The van der Waals surface area contributed by atoms with Gasteiger partial charge in [-0.05, 0) is 36.7 Å².